The van der Waals surface area contributed by atoms with Crippen LogP contribution in [0.5, 0.6) is 11.6 Å². The molecule has 1 aromatic heterocycles. The van der Waals surface area contributed by atoms with Crippen molar-refractivity contribution in [2.75, 3.05) is 0 Å². The minimum Gasteiger partial charge on any atom is -0.439 e. The van der Waals surface area contributed by atoms with Crippen LogP contribution in [0.25, 0.3) is 11.4 Å². The predicted molar refractivity (Wildman–Crippen MR) is 83.6 cm³/mol. The van der Waals surface area contributed by atoms with Gasteiger partial charge < -0.3 is 4.74 Å². The number of aromatic nitrogens is 2. The van der Waals surface area contributed by atoms with E-state index in [1.54, 1.807) is 0 Å². The van der Waals surface area contributed by atoms with Gasteiger partial charge in [-0.1, -0.05) is 6.07 Å². The highest BCUT2D eigenvalue weighted by molar-refractivity contribution is 5.57. The molecule has 3 nitrogen and oxygen atoms in total. The van der Waals surface area contributed by atoms with Gasteiger partial charge in [-0.2, -0.15) is 18.2 Å². The molecule has 0 atom stereocenters. The zero-order chi connectivity index (χ0) is 19.8. The number of halogens is 6. The van der Waals surface area contributed by atoms with Crippen LogP contribution in [0.15, 0.2) is 42.6 Å². The number of hydrogen-bond donors (Lipinski definition) is 0. The van der Waals surface area contributed by atoms with E-state index in [0.29, 0.717) is 0 Å². The van der Waals surface area contributed by atoms with Gasteiger partial charge in [0.1, 0.15) is 11.6 Å². The lowest BCUT2D eigenvalue weighted by Gasteiger charge is -2.10. The summed E-state index contributed by atoms with van der Waals surface area (Å²) in [7, 11) is 0. The van der Waals surface area contributed by atoms with E-state index in [4.69, 9.17) is 4.74 Å². The van der Waals surface area contributed by atoms with Crippen molar-refractivity contribution in [1.29, 1.82) is 0 Å². The zero-order valence-corrected chi connectivity index (χ0v) is 13.6. The van der Waals surface area contributed by atoms with Gasteiger partial charge in [0.2, 0.25) is 5.88 Å². The lowest BCUT2D eigenvalue weighted by molar-refractivity contribution is -0.137. The van der Waals surface area contributed by atoms with E-state index in [-0.39, 0.29) is 17.5 Å². The van der Waals surface area contributed by atoms with Crippen molar-refractivity contribution >= 4 is 0 Å². The second kappa shape index (κ2) is 6.90. The topological polar surface area (TPSA) is 35.0 Å². The van der Waals surface area contributed by atoms with Gasteiger partial charge in [0.15, 0.2) is 17.5 Å². The summed E-state index contributed by atoms with van der Waals surface area (Å²) >= 11 is 0. The Balaban J connectivity index is 1.96. The third-order valence-electron chi connectivity index (χ3n) is 3.64. The molecule has 0 aliphatic carbocycles. The molecular weight excluding hydrogens is 374 g/mol. The molecule has 0 unspecified atom stereocenters. The molecule has 27 heavy (non-hydrogen) atoms. The molecule has 3 aromatic rings. The Morgan fingerprint density at radius 2 is 1.70 bits per heavy atom. The van der Waals surface area contributed by atoms with Crippen molar-refractivity contribution in [2.24, 2.45) is 0 Å². The number of alkyl halides is 3. The van der Waals surface area contributed by atoms with Gasteiger partial charge in [-0.15, -0.1) is 0 Å². The molecule has 140 valence electrons. The Morgan fingerprint density at radius 1 is 0.963 bits per heavy atom. The second-order valence-corrected chi connectivity index (χ2v) is 5.51. The minimum atomic E-state index is -4.56. The maximum Gasteiger partial charge on any atom is 0.416 e. The highest BCUT2D eigenvalue weighted by atomic mass is 19.4. The molecule has 2 aromatic carbocycles. The van der Waals surface area contributed by atoms with Gasteiger partial charge in [0, 0.05) is 17.8 Å². The molecule has 0 aliphatic rings. The van der Waals surface area contributed by atoms with Crippen LogP contribution in [-0.2, 0) is 6.18 Å². The number of hydrogen-bond acceptors (Lipinski definition) is 3. The van der Waals surface area contributed by atoms with Crippen LogP contribution in [0.1, 0.15) is 11.1 Å². The van der Waals surface area contributed by atoms with Crippen LogP contribution in [0.4, 0.5) is 26.3 Å². The molecule has 0 aliphatic heterocycles. The van der Waals surface area contributed by atoms with Crippen molar-refractivity contribution in [3.05, 3.63) is 71.2 Å². The molecule has 0 N–H and O–H groups in total. The van der Waals surface area contributed by atoms with Gasteiger partial charge in [0.25, 0.3) is 0 Å². The third kappa shape index (κ3) is 3.86. The summed E-state index contributed by atoms with van der Waals surface area (Å²) in [5.74, 6) is -4.48. The average Bonchev–Trinajstić information content (AvgIpc) is 2.63. The standard InChI is InChI=1S/C18H10F6N2O/c1-9-13(19)8-12(16(21)15(9)20)17-25-6-5-14(26-17)27-11-4-2-3-10(7-11)18(22,23)24/h2-8H,1H3. The molecule has 1 heterocycles. The van der Waals surface area contributed by atoms with Crippen molar-refractivity contribution in [2.45, 2.75) is 13.1 Å². The maximum atomic E-state index is 14.1. The SMILES string of the molecule is Cc1c(F)cc(-c2nccc(Oc3cccc(C(F)(F)F)c3)n2)c(F)c1F. The van der Waals surface area contributed by atoms with Crippen LogP contribution in [-0.4, -0.2) is 9.97 Å². The fraction of sp³-hybridized carbons (Fsp3) is 0.111. The summed E-state index contributed by atoms with van der Waals surface area (Å²) in [5, 5.41) is 0. The minimum absolute atomic E-state index is 0.170. The van der Waals surface area contributed by atoms with Crippen LogP contribution in [0, 0.1) is 24.4 Å². The largest absolute Gasteiger partial charge is 0.439 e. The number of benzene rings is 2. The first kappa shape index (κ1) is 18.7. The van der Waals surface area contributed by atoms with E-state index in [1.165, 1.54) is 12.1 Å². The second-order valence-electron chi connectivity index (χ2n) is 5.51. The molecule has 0 amide bonds. The van der Waals surface area contributed by atoms with Crippen molar-refractivity contribution in [1.82, 2.24) is 9.97 Å². The summed E-state index contributed by atoms with van der Waals surface area (Å²) < 4.78 is 85.0. The third-order valence-corrected chi connectivity index (χ3v) is 3.64. The molecule has 0 bridgehead atoms. The van der Waals surface area contributed by atoms with Crippen molar-refractivity contribution in [3.63, 3.8) is 0 Å². The normalized spacial score (nSPS) is 11.5. The molecular formula is C18H10F6N2O. The molecule has 0 saturated carbocycles. The van der Waals surface area contributed by atoms with Crippen LogP contribution in [0.3, 0.4) is 0 Å². The van der Waals surface area contributed by atoms with Gasteiger partial charge in [0.05, 0.1) is 11.1 Å². The van der Waals surface area contributed by atoms with E-state index in [2.05, 4.69) is 9.97 Å². The van der Waals surface area contributed by atoms with Crippen molar-refractivity contribution in [3.8, 4) is 23.0 Å². The van der Waals surface area contributed by atoms with Gasteiger partial charge in [-0.05, 0) is 31.2 Å². The lowest BCUT2D eigenvalue weighted by atomic mass is 10.1. The van der Waals surface area contributed by atoms with Crippen molar-refractivity contribution < 1.29 is 31.1 Å². The average molecular weight is 384 g/mol. The summed E-state index contributed by atoms with van der Waals surface area (Å²) in [4.78, 5) is 7.55. The van der Waals surface area contributed by atoms with E-state index in [1.807, 2.05) is 0 Å². The van der Waals surface area contributed by atoms with Gasteiger partial charge in [-0.25, -0.2) is 18.2 Å². The Labute approximate surface area is 149 Å². The fourth-order valence-corrected chi connectivity index (χ4v) is 2.23. The fourth-order valence-electron chi connectivity index (χ4n) is 2.23. The van der Waals surface area contributed by atoms with Gasteiger partial charge >= 0.3 is 6.18 Å². The van der Waals surface area contributed by atoms with Crippen LogP contribution >= 0.6 is 0 Å². The number of ether oxygens (including phenoxy) is 1. The van der Waals surface area contributed by atoms with E-state index in [0.717, 1.165) is 37.4 Å². The maximum absolute atomic E-state index is 14.1. The first-order valence-electron chi connectivity index (χ1n) is 7.49. The molecule has 0 radical (unpaired) electrons. The Hall–Kier alpha value is -3.10. The quantitative estimate of drug-likeness (QED) is 0.430. The summed E-state index contributed by atoms with van der Waals surface area (Å²) in [6.07, 6.45) is -3.43. The van der Waals surface area contributed by atoms with E-state index < -0.39 is 40.3 Å². The molecule has 0 spiro atoms. The monoisotopic (exact) mass is 384 g/mol. The first-order chi connectivity index (χ1) is 12.7. The summed E-state index contributed by atoms with van der Waals surface area (Å²) in [6.45, 7) is 1.07. The van der Waals surface area contributed by atoms with Crippen LogP contribution < -0.4 is 4.74 Å². The summed E-state index contributed by atoms with van der Waals surface area (Å²) in [5.41, 5.74) is -1.96. The first-order valence-corrected chi connectivity index (χ1v) is 7.49. The van der Waals surface area contributed by atoms with Crippen LogP contribution in [0.2, 0.25) is 0 Å². The molecule has 9 heteroatoms. The Morgan fingerprint density at radius 3 is 2.41 bits per heavy atom. The highest BCUT2D eigenvalue weighted by Crippen LogP contribution is 2.33. The Bertz CT molecular complexity index is 1000. The predicted octanol–water partition coefficient (Wildman–Crippen LogP) is 5.68. The number of nitrogens with zero attached hydrogens (tertiary/aromatic N) is 2. The molecule has 0 saturated heterocycles. The zero-order valence-electron chi connectivity index (χ0n) is 13.6. The van der Waals surface area contributed by atoms with E-state index in [9.17, 15) is 26.3 Å². The smallest absolute Gasteiger partial charge is 0.416 e. The Kier molecular flexibility index (Phi) is 4.77. The van der Waals surface area contributed by atoms with E-state index >= 15 is 0 Å². The lowest BCUT2D eigenvalue weighted by Crippen LogP contribution is -2.04. The molecule has 0 fully saturated rings. The highest BCUT2D eigenvalue weighted by Gasteiger charge is 2.30. The molecule has 3 rings (SSSR count). The summed E-state index contributed by atoms with van der Waals surface area (Å²) in [6, 6.07) is 5.98. The number of rotatable bonds is 3. The van der Waals surface area contributed by atoms with Gasteiger partial charge in [-0.3, -0.25) is 0 Å².